The molecule has 5 heteroatoms. The van der Waals surface area contributed by atoms with E-state index in [0.29, 0.717) is 0 Å². The normalized spacial score (nSPS) is 22.6. The van der Waals surface area contributed by atoms with Crippen LogP contribution in [0.25, 0.3) is 0 Å². The summed E-state index contributed by atoms with van der Waals surface area (Å²) in [5.74, 6) is -1.57. The molecular weight excluding hydrogens is 256 g/mol. The highest BCUT2D eigenvalue weighted by Crippen LogP contribution is 2.35. The van der Waals surface area contributed by atoms with Crippen molar-refractivity contribution in [2.75, 3.05) is 29.4 Å². The molecule has 0 bridgehead atoms. The van der Waals surface area contributed by atoms with E-state index in [4.69, 9.17) is 5.11 Å². The van der Waals surface area contributed by atoms with Gasteiger partial charge in [0, 0.05) is 26.1 Å². The number of para-hydroxylation sites is 2. The molecule has 0 aromatic heterocycles. The van der Waals surface area contributed by atoms with Crippen LogP contribution in [-0.4, -0.2) is 36.6 Å². The standard InChI is InChI=1S/C15H18N2O3/c18-14-9-11(15(19)20)10-17(14)13-6-2-1-5-12(13)16-7-3-4-8-16/h1-2,5-6,11H,3-4,7-10H2,(H,19,20)/t11-/m1/s1. The van der Waals surface area contributed by atoms with Crippen LogP contribution in [0.2, 0.25) is 0 Å². The lowest BCUT2D eigenvalue weighted by atomic mass is 10.1. The van der Waals surface area contributed by atoms with E-state index in [0.717, 1.165) is 24.5 Å². The van der Waals surface area contributed by atoms with Crippen LogP contribution in [0.15, 0.2) is 24.3 Å². The zero-order valence-corrected chi connectivity index (χ0v) is 11.3. The summed E-state index contributed by atoms with van der Waals surface area (Å²) in [6.07, 6.45) is 2.43. The molecule has 1 aromatic rings. The number of carbonyl (C=O) groups is 2. The van der Waals surface area contributed by atoms with E-state index >= 15 is 0 Å². The summed E-state index contributed by atoms with van der Waals surface area (Å²) in [7, 11) is 0. The Kier molecular flexibility index (Phi) is 3.34. The second kappa shape index (κ2) is 5.15. The molecule has 3 rings (SSSR count). The highest BCUT2D eigenvalue weighted by molar-refractivity contribution is 6.01. The fourth-order valence-electron chi connectivity index (χ4n) is 3.02. The van der Waals surface area contributed by atoms with Crippen LogP contribution in [0.5, 0.6) is 0 Å². The number of benzene rings is 1. The first-order chi connectivity index (χ1) is 9.66. The maximum absolute atomic E-state index is 12.1. The van der Waals surface area contributed by atoms with E-state index in [1.54, 1.807) is 4.90 Å². The SMILES string of the molecule is O=C(O)[C@@H]1CC(=O)N(c2ccccc2N2CCCC2)C1. The number of hydrogen-bond donors (Lipinski definition) is 1. The summed E-state index contributed by atoms with van der Waals surface area (Å²) in [6.45, 7) is 2.28. The molecule has 2 fully saturated rings. The molecular formula is C15H18N2O3. The summed E-state index contributed by atoms with van der Waals surface area (Å²) >= 11 is 0. The average Bonchev–Trinajstić information content (AvgIpc) is 3.08. The number of nitrogens with zero attached hydrogens (tertiary/aromatic N) is 2. The Morgan fingerprint density at radius 3 is 2.40 bits per heavy atom. The van der Waals surface area contributed by atoms with Crippen molar-refractivity contribution in [3.8, 4) is 0 Å². The van der Waals surface area contributed by atoms with Crippen molar-refractivity contribution >= 4 is 23.3 Å². The Hall–Kier alpha value is -2.04. The minimum absolute atomic E-state index is 0.0935. The van der Waals surface area contributed by atoms with Crippen molar-refractivity contribution in [2.24, 2.45) is 5.92 Å². The van der Waals surface area contributed by atoms with E-state index in [1.165, 1.54) is 12.8 Å². The minimum Gasteiger partial charge on any atom is -0.481 e. The summed E-state index contributed by atoms with van der Waals surface area (Å²) in [5.41, 5.74) is 1.90. The van der Waals surface area contributed by atoms with Crippen LogP contribution in [0.3, 0.4) is 0 Å². The first kappa shape index (κ1) is 13.0. The van der Waals surface area contributed by atoms with Crippen molar-refractivity contribution in [1.82, 2.24) is 0 Å². The number of amides is 1. The van der Waals surface area contributed by atoms with Gasteiger partial charge in [0.25, 0.3) is 0 Å². The lowest BCUT2D eigenvalue weighted by Gasteiger charge is -2.26. The first-order valence-electron chi connectivity index (χ1n) is 7.04. The molecule has 1 atom stereocenters. The largest absolute Gasteiger partial charge is 0.481 e. The van der Waals surface area contributed by atoms with Crippen LogP contribution in [0.4, 0.5) is 11.4 Å². The van der Waals surface area contributed by atoms with E-state index in [2.05, 4.69) is 4.90 Å². The number of rotatable bonds is 3. The summed E-state index contributed by atoms with van der Waals surface area (Å²) < 4.78 is 0. The number of hydrogen-bond acceptors (Lipinski definition) is 3. The van der Waals surface area contributed by atoms with Gasteiger partial charge in [-0.05, 0) is 25.0 Å². The summed E-state index contributed by atoms with van der Waals surface area (Å²) in [4.78, 5) is 27.1. The smallest absolute Gasteiger partial charge is 0.308 e. The third-order valence-electron chi connectivity index (χ3n) is 4.09. The first-order valence-corrected chi connectivity index (χ1v) is 7.04. The van der Waals surface area contributed by atoms with Gasteiger partial charge in [-0.3, -0.25) is 9.59 Å². The van der Waals surface area contributed by atoms with Gasteiger partial charge in [0.05, 0.1) is 17.3 Å². The fraction of sp³-hybridized carbons (Fsp3) is 0.467. The van der Waals surface area contributed by atoms with E-state index < -0.39 is 11.9 Å². The predicted octanol–water partition coefficient (Wildman–Crippen LogP) is 1.72. The highest BCUT2D eigenvalue weighted by atomic mass is 16.4. The molecule has 0 aliphatic carbocycles. The molecule has 1 amide bonds. The van der Waals surface area contributed by atoms with Crippen LogP contribution in [0.1, 0.15) is 19.3 Å². The third kappa shape index (κ3) is 2.24. The Morgan fingerprint density at radius 1 is 1.15 bits per heavy atom. The van der Waals surface area contributed by atoms with Crippen molar-refractivity contribution in [1.29, 1.82) is 0 Å². The molecule has 0 radical (unpaired) electrons. The molecule has 0 spiro atoms. The topological polar surface area (TPSA) is 60.9 Å². The van der Waals surface area contributed by atoms with Gasteiger partial charge in [0.2, 0.25) is 5.91 Å². The highest BCUT2D eigenvalue weighted by Gasteiger charge is 2.36. The van der Waals surface area contributed by atoms with E-state index in [-0.39, 0.29) is 18.9 Å². The van der Waals surface area contributed by atoms with Crippen molar-refractivity contribution in [2.45, 2.75) is 19.3 Å². The third-order valence-corrected chi connectivity index (χ3v) is 4.09. The Balaban J connectivity index is 1.90. The summed E-state index contributed by atoms with van der Waals surface area (Å²) in [5, 5.41) is 9.09. The van der Waals surface area contributed by atoms with Crippen LogP contribution in [-0.2, 0) is 9.59 Å². The van der Waals surface area contributed by atoms with Gasteiger partial charge in [0.15, 0.2) is 0 Å². The molecule has 0 saturated carbocycles. The molecule has 5 nitrogen and oxygen atoms in total. The second-order valence-corrected chi connectivity index (χ2v) is 5.43. The number of carboxylic acids is 1. The Bertz CT molecular complexity index is 538. The van der Waals surface area contributed by atoms with Crippen LogP contribution >= 0.6 is 0 Å². The van der Waals surface area contributed by atoms with Crippen molar-refractivity contribution in [3.63, 3.8) is 0 Å². The van der Waals surface area contributed by atoms with Gasteiger partial charge in [-0.1, -0.05) is 12.1 Å². The molecule has 2 saturated heterocycles. The zero-order chi connectivity index (χ0) is 14.1. The lowest BCUT2D eigenvalue weighted by molar-refractivity contribution is -0.141. The molecule has 106 valence electrons. The number of anilines is 2. The summed E-state index contributed by atoms with van der Waals surface area (Å²) in [6, 6.07) is 7.79. The van der Waals surface area contributed by atoms with Crippen LogP contribution < -0.4 is 9.80 Å². The molecule has 0 unspecified atom stereocenters. The van der Waals surface area contributed by atoms with Gasteiger partial charge in [-0.2, -0.15) is 0 Å². The molecule has 1 aromatic carbocycles. The number of aliphatic carboxylic acids is 1. The van der Waals surface area contributed by atoms with Gasteiger partial charge in [-0.15, -0.1) is 0 Å². The van der Waals surface area contributed by atoms with Gasteiger partial charge < -0.3 is 14.9 Å². The number of carbonyl (C=O) groups excluding carboxylic acids is 1. The van der Waals surface area contributed by atoms with Crippen molar-refractivity contribution < 1.29 is 14.7 Å². The van der Waals surface area contributed by atoms with E-state index in [1.807, 2.05) is 24.3 Å². The predicted molar refractivity (Wildman–Crippen MR) is 76.0 cm³/mol. The molecule has 2 aliphatic rings. The Morgan fingerprint density at radius 2 is 1.80 bits per heavy atom. The average molecular weight is 274 g/mol. The maximum Gasteiger partial charge on any atom is 0.308 e. The quantitative estimate of drug-likeness (QED) is 0.911. The van der Waals surface area contributed by atoms with Crippen molar-refractivity contribution in [3.05, 3.63) is 24.3 Å². The van der Waals surface area contributed by atoms with Crippen LogP contribution in [0, 0.1) is 5.92 Å². The maximum atomic E-state index is 12.1. The zero-order valence-electron chi connectivity index (χ0n) is 11.3. The number of carboxylic acid groups (broad SMARTS) is 1. The molecule has 2 heterocycles. The molecule has 2 aliphatic heterocycles. The van der Waals surface area contributed by atoms with Gasteiger partial charge in [-0.25, -0.2) is 0 Å². The minimum atomic E-state index is -0.889. The molecule has 20 heavy (non-hydrogen) atoms. The Labute approximate surface area is 117 Å². The monoisotopic (exact) mass is 274 g/mol. The molecule has 1 N–H and O–H groups in total. The lowest BCUT2D eigenvalue weighted by Crippen LogP contribution is -2.29. The fourth-order valence-corrected chi connectivity index (χ4v) is 3.02. The van der Waals surface area contributed by atoms with Gasteiger partial charge >= 0.3 is 5.97 Å². The second-order valence-electron chi connectivity index (χ2n) is 5.43. The van der Waals surface area contributed by atoms with Gasteiger partial charge in [0.1, 0.15) is 0 Å². The van der Waals surface area contributed by atoms with E-state index in [9.17, 15) is 9.59 Å².